The lowest BCUT2D eigenvalue weighted by atomic mass is 9.95. The Labute approximate surface area is 151 Å². The summed E-state index contributed by atoms with van der Waals surface area (Å²) in [6, 6.07) is 7.88. The second-order valence-electron chi connectivity index (χ2n) is 5.80. The van der Waals surface area contributed by atoms with Crippen LogP contribution >= 0.6 is 0 Å². The number of esters is 1. The fourth-order valence-corrected chi connectivity index (χ4v) is 2.92. The molecule has 1 aromatic carbocycles. The standard InChI is InChI=1S/C18H18N4O4/c1-2-26-18(23)14-5-7-21(8-6-14)17-4-3-16(22(24)25)10-15(17)9-13(11-19)12-20/h3-4,9-10,14H,2,5-8H2,1H3. The number of piperidine rings is 1. The van der Waals surface area contributed by atoms with Crippen LogP contribution in [0.4, 0.5) is 11.4 Å². The van der Waals surface area contributed by atoms with Crippen molar-refractivity contribution in [1.82, 2.24) is 0 Å². The Balaban J connectivity index is 2.28. The highest BCUT2D eigenvalue weighted by atomic mass is 16.6. The SMILES string of the molecule is CCOC(=O)C1CCN(c2ccc([N+](=O)[O-])cc2C=C(C#N)C#N)CC1. The summed E-state index contributed by atoms with van der Waals surface area (Å²) in [7, 11) is 0. The monoisotopic (exact) mass is 354 g/mol. The van der Waals surface area contributed by atoms with Crippen LogP contribution in [0.25, 0.3) is 6.08 Å². The molecule has 0 radical (unpaired) electrons. The van der Waals surface area contributed by atoms with E-state index in [9.17, 15) is 14.9 Å². The van der Waals surface area contributed by atoms with Crippen molar-refractivity contribution in [3.05, 3.63) is 39.4 Å². The van der Waals surface area contributed by atoms with Crippen LogP contribution in [0.1, 0.15) is 25.3 Å². The van der Waals surface area contributed by atoms with Gasteiger partial charge in [0.2, 0.25) is 0 Å². The van der Waals surface area contributed by atoms with Gasteiger partial charge in [-0.2, -0.15) is 10.5 Å². The predicted octanol–water partition coefficient (Wildman–Crippen LogP) is 2.80. The van der Waals surface area contributed by atoms with Gasteiger partial charge in [-0.05, 0) is 31.9 Å². The first-order valence-electron chi connectivity index (χ1n) is 8.22. The largest absolute Gasteiger partial charge is 0.466 e. The second kappa shape index (κ2) is 8.63. The van der Waals surface area contributed by atoms with Gasteiger partial charge in [0, 0.05) is 36.5 Å². The predicted molar refractivity (Wildman–Crippen MR) is 93.9 cm³/mol. The van der Waals surface area contributed by atoms with Gasteiger partial charge in [-0.15, -0.1) is 0 Å². The van der Waals surface area contributed by atoms with Gasteiger partial charge >= 0.3 is 5.97 Å². The van der Waals surface area contributed by atoms with Crippen molar-refractivity contribution in [2.75, 3.05) is 24.6 Å². The number of nitro benzene ring substituents is 1. The molecule has 0 aliphatic carbocycles. The van der Waals surface area contributed by atoms with Gasteiger partial charge in [-0.25, -0.2) is 0 Å². The summed E-state index contributed by atoms with van der Waals surface area (Å²) in [5, 5.41) is 29.0. The molecule has 1 heterocycles. The quantitative estimate of drug-likeness (QED) is 0.345. The Kier molecular flexibility index (Phi) is 6.29. The number of non-ortho nitro benzene ring substituents is 1. The molecule has 0 amide bonds. The molecule has 1 aliphatic rings. The van der Waals surface area contributed by atoms with Crippen LogP contribution in [0.15, 0.2) is 23.8 Å². The maximum atomic E-state index is 11.9. The van der Waals surface area contributed by atoms with Crippen LogP contribution < -0.4 is 4.90 Å². The first-order valence-corrected chi connectivity index (χ1v) is 8.22. The van der Waals surface area contributed by atoms with Gasteiger partial charge < -0.3 is 9.64 Å². The minimum Gasteiger partial charge on any atom is -0.466 e. The Morgan fingerprint density at radius 2 is 2.04 bits per heavy atom. The molecule has 1 fully saturated rings. The second-order valence-corrected chi connectivity index (χ2v) is 5.80. The highest BCUT2D eigenvalue weighted by molar-refractivity contribution is 5.76. The number of nitro groups is 1. The molecule has 0 spiro atoms. The Morgan fingerprint density at radius 1 is 1.38 bits per heavy atom. The first-order chi connectivity index (χ1) is 12.5. The molecule has 8 heteroatoms. The molecule has 1 saturated heterocycles. The summed E-state index contributed by atoms with van der Waals surface area (Å²) >= 11 is 0. The van der Waals surface area contributed by atoms with Crippen LogP contribution in [0, 0.1) is 38.7 Å². The highest BCUT2D eigenvalue weighted by Crippen LogP contribution is 2.31. The summed E-state index contributed by atoms with van der Waals surface area (Å²) < 4.78 is 5.06. The lowest BCUT2D eigenvalue weighted by Crippen LogP contribution is -2.37. The first kappa shape index (κ1) is 18.9. The number of nitrogens with zero attached hydrogens (tertiary/aromatic N) is 4. The van der Waals surface area contributed by atoms with E-state index in [1.54, 1.807) is 25.1 Å². The lowest BCUT2D eigenvalue weighted by Gasteiger charge is -2.33. The van der Waals surface area contributed by atoms with Crippen molar-refractivity contribution in [1.29, 1.82) is 10.5 Å². The summed E-state index contributed by atoms with van der Waals surface area (Å²) in [6.45, 7) is 3.28. The number of anilines is 1. The molecule has 0 unspecified atom stereocenters. The summed E-state index contributed by atoms with van der Waals surface area (Å²) in [6.07, 6.45) is 2.57. The Morgan fingerprint density at radius 3 is 2.58 bits per heavy atom. The van der Waals surface area contributed by atoms with E-state index in [-0.39, 0.29) is 23.1 Å². The molecule has 0 bridgehead atoms. The van der Waals surface area contributed by atoms with E-state index in [2.05, 4.69) is 0 Å². The van der Waals surface area contributed by atoms with Crippen molar-refractivity contribution < 1.29 is 14.5 Å². The number of hydrogen-bond acceptors (Lipinski definition) is 7. The number of benzene rings is 1. The fourth-order valence-electron chi connectivity index (χ4n) is 2.92. The Hall–Kier alpha value is -3.39. The minimum absolute atomic E-state index is 0.114. The van der Waals surface area contributed by atoms with Gasteiger partial charge in [-0.3, -0.25) is 14.9 Å². The van der Waals surface area contributed by atoms with E-state index < -0.39 is 4.92 Å². The van der Waals surface area contributed by atoms with E-state index >= 15 is 0 Å². The number of ether oxygens (including phenoxy) is 1. The molecule has 8 nitrogen and oxygen atoms in total. The van der Waals surface area contributed by atoms with Gasteiger partial charge in [0.15, 0.2) is 0 Å². The average Bonchev–Trinajstić information content (AvgIpc) is 2.66. The van der Waals surface area contributed by atoms with Crippen molar-refractivity contribution in [2.24, 2.45) is 5.92 Å². The van der Waals surface area contributed by atoms with Crippen molar-refractivity contribution in [3.8, 4) is 12.1 Å². The number of allylic oxidation sites excluding steroid dienone is 1. The van der Waals surface area contributed by atoms with Crippen LogP contribution in [0.3, 0.4) is 0 Å². The number of carbonyl (C=O) groups is 1. The van der Waals surface area contributed by atoms with Gasteiger partial charge in [-0.1, -0.05) is 0 Å². The molecular formula is C18H18N4O4. The third-order valence-corrected chi connectivity index (χ3v) is 4.22. The van der Waals surface area contributed by atoms with E-state index in [0.717, 1.165) is 0 Å². The smallest absolute Gasteiger partial charge is 0.309 e. The number of rotatable bonds is 5. The zero-order valence-corrected chi connectivity index (χ0v) is 14.3. The Bertz CT molecular complexity index is 795. The third kappa shape index (κ3) is 4.37. The van der Waals surface area contributed by atoms with E-state index in [0.29, 0.717) is 43.8 Å². The van der Waals surface area contributed by atoms with Gasteiger partial charge in [0.05, 0.1) is 17.4 Å². The molecule has 1 aromatic rings. The molecule has 0 atom stereocenters. The molecule has 0 aromatic heterocycles. The van der Waals surface area contributed by atoms with Crippen LogP contribution in [-0.4, -0.2) is 30.6 Å². The van der Waals surface area contributed by atoms with Crippen LogP contribution in [0.2, 0.25) is 0 Å². The molecule has 0 N–H and O–H groups in total. The van der Waals surface area contributed by atoms with E-state index in [1.807, 2.05) is 4.90 Å². The minimum atomic E-state index is -0.521. The zero-order valence-electron chi connectivity index (χ0n) is 14.3. The lowest BCUT2D eigenvalue weighted by molar-refractivity contribution is -0.384. The number of hydrogen-bond donors (Lipinski definition) is 0. The number of carbonyl (C=O) groups excluding carboxylic acids is 1. The van der Waals surface area contributed by atoms with E-state index in [4.69, 9.17) is 15.3 Å². The zero-order chi connectivity index (χ0) is 19.1. The average molecular weight is 354 g/mol. The topological polar surface area (TPSA) is 120 Å². The van der Waals surface area contributed by atoms with E-state index in [1.165, 1.54) is 18.2 Å². The van der Waals surface area contributed by atoms with Gasteiger partial charge in [0.25, 0.3) is 5.69 Å². The van der Waals surface area contributed by atoms with Crippen LogP contribution in [-0.2, 0) is 9.53 Å². The molecule has 1 aliphatic heterocycles. The summed E-state index contributed by atoms with van der Waals surface area (Å²) in [5.74, 6) is -0.357. The molecule has 134 valence electrons. The third-order valence-electron chi connectivity index (χ3n) is 4.22. The van der Waals surface area contributed by atoms with Gasteiger partial charge in [0.1, 0.15) is 17.7 Å². The maximum absolute atomic E-state index is 11.9. The molecular weight excluding hydrogens is 336 g/mol. The van der Waals surface area contributed by atoms with Crippen molar-refractivity contribution in [3.63, 3.8) is 0 Å². The van der Waals surface area contributed by atoms with Crippen molar-refractivity contribution >= 4 is 23.4 Å². The molecule has 0 saturated carbocycles. The summed E-state index contributed by atoms with van der Waals surface area (Å²) in [5.41, 5.74) is 0.887. The summed E-state index contributed by atoms with van der Waals surface area (Å²) in [4.78, 5) is 24.4. The van der Waals surface area contributed by atoms with Crippen molar-refractivity contribution in [2.45, 2.75) is 19.8 Å². The fraction of sp³-hybridized carbons (Fsp3) is 0.389. The normalized spacial score (nSPS) is 14.0. The van der Waals surface area contributed by atoms with Crippen LogP contribution in [0.5, 0.6) is 0 Å². The maximum Gasteiger partial charge on any atom is 0.309 e. The molecule has 26 heavy (non-hydrogen) atoms. The molecule has 2 rings (SSSR count). The number of nitriles is 2. The highest BCUT2D eigenvalue weighted by Gasteiger charge is 2.27.